The first kappa shape index (κ1) is 18.0. The van der Waals surface area contributed by atoms with E-state index in [-0.39, 0.29) is 0 Å². The fourth-order valence-electron chi connectivity index (χ4n) is 3.94. The van der Waals surface area contributed by atoms with Crippen molar-refractivity contribution in [3.8, 4) is 17.0 Å². The third kappa shape index (κ3) is 5.07. The van der Waals surface area contributed by atoms with Gasteiger partial charge in [0.1, 0.15) is 5.75 Å². The molecule has 1 saturated carbocycles. The topological polar surface area (TPSA) is 22.1 Å². The third-order valence-corrected chi connectivity index (χ3v) is 5.68. The van der Waals surface area contributed by atoms with E-state index in [2.05, 4.69) is 36.2 Å². The monoisotopic (exact) mass is 337 g/mol. The van der Waals surface area contributed by atoms with Crippen LogP contribution >= 0.6 is 0 Å². The summed E-state index contributed by atoms with van der Waals surface area (Å²) in [7, 11) is 0. The highest BCUT2D eigenvalue weighted by atomic mass is 16.5. The molecule has 1 heterocycles. The van der Waals surface area contributed by atoms with E-state index in [0.717, 1.165) is 23.3 Å². The molecule has 0 amide bonds. The zero-order valence-corrected chi connectivity index (χ0v) is 15.7. The molecule has 0 bridgehead atoms. The normalized spacial score (nSPS) is 20.4. The molecule has 2 nitrogen and oxygen atoms in total. The highest BCUT2D eigenvalue weighted by Crippen LogP contribution is 2.33. The van der Waals surface area contributed by atoms with Gasteiger partial charge in [-0.1, -0.05) is 63.3 Å². The first-order valence-electron chi connectivity index (χ1n) is 9.96. The van der Waals surface area contributed by atoms with Crippen LogP contribution < -0.4 is 4.74 Å². The lowest BCUT2D eigenvalue weighted by molar-refractivity contribution is 0.259. The minimum Gasteiger partial charge on any atom is -0.492 e. The van der Waals surface area contributed by atoms with Crippen molar-refractivity contribution in [3.05, 3.63) is 48.2 Å². The summed E-state index contributed by atoms with van der Waals surface area (Å²) in [5.41, 5.74) is 3.63. The molecule has 0 aliphatic heterocycles. The van der Waals surface area contributed by atoms with E-state index in [0.29, 0.717) is 6.61 Å². The Bertz CT molecular complexity index is 624. The summed E-state index contributed by atoms with van der Waals surface area (Å²) < 4.78 is 5.46. The second-order valence-electron chi connectivity index (χ2n) is 7.34. The lowest BCUT2D eigenvalue weighted by Gasteiger charge is -2.27. The maximum Gasteiger partial charge on any atom is 0.137 e. The van der Waals surface area contributed by atoms with Crippen LogP contribution in [0.5, 0.6) is 5.75 Å². The van der Waals surface area contributed by atoms with Crippen LogP contribution in [0.2, 0.25) is 0 Å². The molecule has 1 aromatic heterocycles. The van der Waals surface area contributed by atoms with Crippen LogP contribution in [0.4, 0.5) is 0 Å². The number of nitrogens with zero attached hydrogens (tertiary/aromatic N) is 1. The molecular weight excluding hydrogens is 306 g/mol. The number of aryl methyl sites for hydroxylation is 1. The number of hydrogen-bond donors (Lipinski definition) is 0. The van der Waals surface area contributed by atoms with Gasteiger partial charge in [-0.15, -0.1) is 0 Å². The van der Waals surface area contributed by atoms with E-state index < -0.39 is 0 Å². The Hall–Kier alpha value is -1.83. The first-order valence-corrected chi connectivity index (χ1v) is 9.96. The van der Waals surface area contributed by atoms with Gasteiger partial charge in [0.15, 0.2) is 0 Å². The Labute approximate surface area is 152 Å². The number of hydrogen-bond acceptors (Lipinski definition) is 2. The van der Waals surface area contributed by atoms with Gasteiger partial charge in [-0.05, 0) is 49.3 Å². The quantitative estimate of drug-likeness (QED) is 0.592. The Balaban J connectivity index is 1.52. The number of aromatic nitrogens is 1. The van der Waals surface area contributed by atoms with Gasteiger partial charge in [-0.2, -0.15) is 0 Å². The molecule has 0 radical (unpaired) electrons. The molecule has 1 aromatic carbocycles. The maximum atomic E-state index is 5.46. The van der Waals surface area contributed by atoms with E-state index in [1.165, 1.54) is 56.1 Å². The molecule has 3 rings (SSSR count). The van der Waals surface area contributed by atoms with Gasteiger partial charge in [0.2, 0.25) is 0 Å². The fraction of sp³-hybridized carbons (Fsp3) is 0.522. The lowest BCUT2D eigenvalue weighted by atomic mass is 9.78. The zero-order chi connectivity index (χ0) is 17.5. The lowest BCUT2D eigenvalue weighted by Crippen LogP contribution is -2.14. The van der Waals surface area contributed by atoms with Crippen molar-refractivity contribution in [3.63, 3.8) is 0 Å². The van der Waals surface area contributed by atoms with Gasteiger partial charge < -0.3 is 4.74 Å². The van der Waals surface area contributed by atoms with E-state index in [4.69, 9.17) is 4.74 Å². The summed E-state index contributed by atoms with van der Waals surface area (Å²) in [5, 5.41) is 0. The van der Waals surface area contributed by atoms with Gasteiger partial charge in [0.05, 0.1) is 18.5 Å². The van der Waals surface area contributed by atoms with Gasteiger partial charge in [-0.25, -0.2) is 0 Å². The summed E-state index contributed by atoms with van der Waals surface area (Å²) in [6.07, 6.45) is 11.5. The Kier molecular flexibility index (Phi) is 6.49. The molecule has 1 aliphatic carbocycles. The highest BCUT2D eigenvalue weighted by Gasteiger charge is 2.19. The smallest absolute Gasteiger partial charge is 0.137 e. The summed E-state index contributed by atoms with van der Waals surface area (Å²) in [6.45, 7) is 5.00. The molecule has 0 atom stereocenters. The first-order chi connectivity index (χ1) is 12.3. The van der Waals surface area contributed by atoms with Crippen LogP contribution in [0.15, 0.2) is 42.6 Å². The van der Waals surface area contributed by atoms with Crippen LogP contribution in [0.3, 0.4) is 0 Å². The number of ether oxygens (including phenoxy) is 1. The summed E-state index contributed by atoms with van der Waals surface area (Å²) in [6, 6.07) is 13.0. The van der Waals surface area contributed by atoms with Crippen molar-refractivity contribution in [2.45, 2.75) is 58.8 Å². The van der Waals surface area contributed by atoms with Gasteiger partial charge in [0.25, 0.3) is 0 Å². The number of benzene rings is 1. The maximum absolute atomic E-state index is 5.46. The van der Waals surface area contributed by atoms with E-state index in [9.17, 15) is 0 Å². The minimum absolute atomic E-state index is 0.676. The molecule has 25 heavy (non-hydrogen) atoms. The number of pyridine rings is 1. The molecule has 1 fully saturated rings. The van der Waals surface area contributed by atoms with Gasteiger partial charge >= 0.3 is 0 Å². The van der Waals surface area contributed by atoms with Gasteiger partial charge in [0, 0.05) is 5.56 Å². The Morgan fingerprint density at radius 3 is 2.24 bits per heavy atom. The fourth-order valence-corrected chi connectivity index (χ4v) is 3.94. The van der Waals surface area contributed by atoms with Crippen molar-refractivity contribution in [2.24, 2.45) is 11.8 Å². The largest absolute Gasteiger partial charge is 0.492 e. The summed E-state index contributed by atoms with van der Waals surface area (Å²) in [5.74, 6) is 2.77. The second-order valence-corrected chi connectivity index (χ2v) is 7.34. The molecular formula is C23H31NO. The Morgan fingerprint density at radius 2 is 1.64 bits per heavy atom. The third-order valence-electron chi connectivity index (χ3n) is 5.68. The Morgan fingerprint density at radius 1 is 0.920 bits per heavy atom. The van der Waals surface area contributed by atoms with Crippen molar-refractivity contribution in [2.75, 3.05) is 6.61 Å². The van der Waals surface area contributed by atoms with Crippen LogP contribution in [-0.4, -0.2) is 11.6 Å². The van der Waals surface area contributed by atoms with Crippen molar-refractivity contribution in [1.82, 2.24) is 4.98 Å². The SMILES string of the molecule is CCOc1ccc(-c2ccc(CC[C@H]3CC[C@H](CC)CC3)cc2)nc1. The van der Waals surface area contributed by atoms with Crippen molar-refractivity contribution >= 4 is 0 Å². The average molecular weight is 338 g/mol. The summed E-state index contributed by atoms with van der Waals surface area (Å²) in [4.78, 5) is 4.51. The molecule has 2 aromatic rings. The van der Waals surface area contributed by atoms with E-state index in [1.807, 2.05) is 19.1 Å². The zero-order valence-electron chi connectivity index (χ0n) is 15.7. The van der Waals surface area contributed by atoms with E-state index >= 15 is 0 Å². The van der Waals surface area contributed by atoms with Gasteiger partial charge in [-0.3, -0.25) is 4.98 Å². The van der Waals surface area contributed by atoms with E-state index in [1.54, 1.807) is 6.20 Å². The van der Waals surface area contributed by atoms with Crippen LogP contribution in [0.25, 0.3) is 11.3 Å². The molecule has 1 aliphatic rings. The van der Waals surface area contributed by atoms with Crippen LogP contribution in [0.1, 0.15) is 57.9 Å². The predicted octanol–water partition coefficient (Wildman–Crippen LogP) is 6.30. The highest BCUT2D eigenvalue weighted by molar-refractivity contribution is 5.59. The summed E-state index contributed by atoms with van der Waals surface area (Å²) >= 11 is 0. The molecule has 0 saturated heterocycles. The van der Waals surface area contributed by atoms with Crippen molar-refractivity contribution in [1.29, 1.82) is 0 Å². The number of rotatable bonds is 7. The van der Waals surface area contributed by atoms with Crippen LogP contribution in [-0.2, 0) is 6.42 Å². The molecule has 2 heteroatoms. The molecule has 0 spiro atoms. The predicted molar refractivity (Wildman–Crippen MR) is 105 cm³/mol. The minimum atomic E-state index is 0.676. The average Bonchev–Trinajstić information content (AvgIpc) is 2.68. The standard InChI is InChI=1S/C23H31NO/c1-3-18-5-7-19(8-6-18)9-10-20-11-13-21(14-12-20)23-16-15-22(17-24-23)25-4-2/h11-19H,3-10H2,1-2H3/t18-,19-. The van der Waals surface area contributed by atoms with Crippen LogP contribution in [0, 0.1) is 11.8 Å². The second kappa shape index (κ2) is 9.03. The van der Waals surface area contributed by atoms with Crippen molar-refractivity contribution < 1.29 is 4.74 Å². The molecule has 0 N–H and O–H groups in total. The molecule has 134 valence electrons. The molecule has 0 unspecified atom stereocenters.